The van der Waals surface area contributed by atoms with E-state index in [-0.39, 0.29) is 5.91 Å². The first kappa shape index (κ1) is 12.9. The lowest BCUT2D eigenvalue weighted by atomic mass is 10.4. The lowest BCUT2D eigenvalue weighted by Crippen LogP contribution is -2.32. The van der Waals surface area contributed by atoms with Crippen LogP contribution in [0, 0.1) is 0 Å². The average molecular weight is 267 g/mol. The maximum Gasteiger partial charge on any atom is 0.236 e. The van der Waals surface area contributed by atoms with Crippen molar-refractivity contribution in [1.82, 2.24) is 19.6 Å². The van der Waals surface area contributed by atoms with Crippen molar-refractivity contribution < 1.29 is 4.79 Å². The second kappa shape index (κ2) is 5.37. The molecule has 0 radical (unpaired) electrons. The molecule has 1 N–H and O–H groups in total. The highest BCUT2D eigenvalue weighted by Crippen LogP contribution is 2.11. The molecule has 0 saturated heterocycles. The van der Waals surface area contributed by atoms with Crippen LogP contribution in [0.4, 0.5) is 0 Å². The molecule has 0 aliphatic rings. The van der Waals surface area contributed by atoms with Crippen LogP contribution in [-0.2, 0) is 11.3 Å². The zero-order valence-corrected chi connectivity index (χ0v) is 11.1. The van der Waals surface area contributed by atoms with Crippen molar-refractivity contribution in [3.8, 4) is 0 Å². The molecular weight excluding hydrogens is 252 g/mol. The minimum atomic E-state index is 0.0433. The first-order valence-electron chi connectivity index (χ1n) is 5.60. The van der Waals surface area contributed by atoms with Crippen molar-refractivity contribution in [1.29, 1.82) is 0 Å². The number of aromatic nitrogens is 2. The number of halogens is 1. The zero-order valence-electron chi connectivity index (χ0n) is 10.4. The highest BCUT2D eigenvalue weighted by molar-refractivity contribution is 6.30. The quantitative estimate of drug-likeness (QED) is 0.904. The van der Waals surface area contributed by atoms with Gasteiger partial charge in [0.2, 0.25) is 5.91 Å². The van der Waals surface area contributed by atoms with Gasteiger partial charge in [-0.2, -0.15) is 0 Å². The second-order valence-corrected chi connectivity index (χ2v) is 4.67. The SMILES string of the molecule is CN(C)C(=O)CNCc1cn2cc(Cl)ccc2n1. The Labute approximate surface area is 110 Å². The Hall–Kier alpha value is -1.59. The summed E-state index contributed by atoms with van der Waals surface area (Å²) >= 11 is 5.89. The standard InChI is InChI=1S/C12H15ClN4O/c1-16(2)12(18)6-14-5-10-8-17-7-9(13)3-4-11(17)15-10/h3-4,7-8,14H,5-6H2,1-2H3. The van der Waals surface area contributed by atoms with E-state index < -0.39 is 0 Å². The summed E-state index contributed by atoms with van der Waals surface area (Å²) < 4.78 is 1.87. The van der Waals surface area contributed by atoms with E-state index in [4.69, 9.17) is 11.6 Å². The molecule has 2 heterocycles. The lowest BCUT2D eigenvalue weighted by Gasteiger charge is -2.09. The maximum atomic E-state index is 11.4. The minimum Gasteiger partial charge on any atom is -0.348 e. The summed E-state index contributed by atoms with van der Waals surface area (Å²) in [6, 6.07) is 3.66. The predicted molar refractivity (Wildman–Crippen MR) is 70.6 cm³/mol. The van der Waals surface area contributed by atoms with Gasteiger partial charge in [-0.05, 0) is 12.1 Å². The number of pyridine rings is 1. The first-order chi connectivity index (χ1) is 8.56. The van der Waals surface area contributed by atoms with Crippen LogP contribution >= 0.6 is 11.6 Å². The van der Waals surface area contributed by atoms with Gasteiger partial charge in [-0.1, -0.05) is 11.6 Å². The summed E-state index contributed by atoms with van der Waals surface area (Å²) in [5.74, 6) is 0.0433. The Morgan fingerprint density at radius 3 is 2.94 bits per heavy atom. The fraction of sp³-hybridized carbons (Fsp3) is 0.333. The smallest absolute Gasteiger partial charge is 0.236 e. The molecular formula is C12H15ClN4O. The Balaban J connectivity index is 1.98. The molecule has 96 valence electrons. The van der Waals surface area contributed by atoms with Crippen LogP contribution in [0.3, 0.4) is 0 Å². The number of fused-ring (bicyclic) bond motifs is 1. The van der Waals surface area contributed by atoms with Gasteiger partial charge < -0.3 is 14.6 Å². The van der Waals surface area contributed by atoms with E-state index in [1.165, 1.54) is 0 Å². The number of hydrogen-bond acceptors (Lipinski definition) is 3. The molecule has 1 amide bonds. The third kappa shape index (κ3) is 3.00. The molecule has 0 saturated carbocycles. The number of rotatable bonds is 4. The van der Waals surface area contributed by atoms with Gasteiger partial charge in [0, 0.05) is 33.0 Å². The summed E-state index contributed by atoms with van der Waals surface area (Å²) in [7, 11) is 3.47. The Morgan fingerprint density at radius 1 is 1.44 bits per heavy atom. The molecule has 0 spiro atoms. The Bertz CT molecular complexity index is 564. The van der Waals surface area contributed by atoms with Crippen molar-refractivity contribution in [2.75, 3.05) is 20.6 Å². The third-order valence-corrected chi connectivity index (χ3v) is 2.77. The molecule has 2 rings (SSSR count). The van der Waals surface area contributed by atoms with E-state index in [2.05, 4.69) is 10.3 Å². The van der Waals surface area contributed by atoms with Crippen LogP contribution in [0.1, 0.15) is 5.69 Å². The summed E-state index contributed by atoms with van der Waals surface area (Å²) in [6.45, 7) is 0.862. The van der Waals surface area contributed by atoms with Crippen LogP contribution in [0.5, 0.6) is 0 Å². The maximum absolute atomic E-state index is 11.4. The molecule has 0 fully saturated rings. The predicted octanol–water partition coefficient (Wildman–Crippen LogP) is 1.17. The van der Waals surface area contributed by atoms with Crippen molar-refractivity contribution in [2.45, 2.75) is 6.54 Å². The van der Waals surface area contributed by atoms with E-state index in [0.29, 0.717) is 18.1 Å². The monoisotopic (exact) mass is 266 g/mol. The molecule has 6 heteroatoms. The number of hydrogen-bond donors (Lipinski definition) is 1. The molecule has 0 unspecified atom stereocenters. The Kier molecular flexibility index (Phi) is 3.84. The van der Waals surface area contributed by atoms with Crippen LogP contribution in [0.25, 0.3) is 5.65 Å². The van der Waals surface area contributed by atoms with Crippen LogP contribution < -0.4 is 5.32 Å². The van der Waals surface area contributed by atoms with E-state index in [9.17, 15) is 4.79 Å². The highest BCUT2D eigenvalue weighted by atomic mass is 35.5. The molecule has 0 aliphatic carbocycles. The van der Waals surface area contributed by atoms with Crippen LogP contribution in [0.15, 0.2) is 24.5 Å². The van der Waals surface area contributed by atoms with Crippen molar-refractivity contribution in [2.24, 2.45) is 0 Å². The fourth-order valence-electron chi connectivity index (χ4n) is 1.56. The largest absolute Gasteiger partial charge is 0.348 e. The van der Waals surface area contributed by atoms with Gasteiger partial charge in [0.1, 0.15) is 5.65 Å². The summed E-state index contributed by atoms with van der Waals surface area (Å²) in [4.78, 5) is 17.3. The molecule has 0 atom stereocenters. The number of amides is 1. The van der Waals surface area contributed by atoms with Crippen molar-refractivity contribution in [3.63, 3.8) is 0 Å². The average Bonchev–Trinajstić information content (AvgIpc) is 2.70. The third-order valence-electron chi connectivity index (χ3n) is 2.55. The number of nitrogens with zero attached hydrogens (tertiary/aromatic N) is 3. The molecule has 0 aromatic carbocycles. The normalized spacial score (nSPS) is 10.8. The van der Waals surface area contributed by atoms with Gasteiger partial charge in [0.05, 0.1) is 17.3 Å². The van der Waals surface area contributed by atoms with E-state index in [0.717, 1.165) is 11.3 Å². The van der Waals surface area contributed by atoms with Gasteiger partial charge in [-0.3, -0.25) is 4.79 Å². The minimum absolute atomic E-state index is 0.0433. The van der Waals surface area contributed by atoms with Gasteiger partial charge in [-0.15, -0.1) is 0 Å². The molecule has 0 aliphatic heterocycles. The molecule has 18 heavy (non-hydrogen) atoms. The summed E-state index contributed by atoms with van der Waals surface area (Å²) in [6.07, 6.45) is 3.70. The van der Waals surface area contributed by atoms with Crippen molar-refractivity contribution in [3.05, 3.63) is 35.2 Å². The van der Waals surface area contributed by atoms with Crippen molar-refractivity contribution >= 4 is 23.2 Å². The molecule has 2 aromatic heterocycles. The van der Waals surface area contributed by atoms with Gasteiger partial charge in [0.15, 0.2) is 0 Å². The zero-order chi connectivity index (χ0) is 13.1. The number of likely N-dealkylation sites (N-methyl/N-ethyl adjacent to an activating group) is 1. The lowest BCUT2D eigenvalue weighted by molar-refractivity contribution is -0.127. The molecule has 5 nitrogen and oxygen atoms in total. The first-order valence-corrected chi connectivity index (χ1v) is 5.98. The second-order valence-electron chi connectivity index (χ2n) is 4.24. The van der Waals surface area contributed by atoms with Gasteiger partial charge in [0.25, 0.3) is 0 Å². The number of imidazole rings is 1. The van der Waals surface area contributed by atoms with Crippen LogP contribution in [0.2, 0.25) is 5.02 Å². The van der Waals surface area contributed by atoms with Crippen LogP contribution in [-0.4, -0.2) is 40.8 Å². The number of nitrogens with one attached hydrogen (secondary N) is 1. The summed E-state index contributed by atoms with van der Waals surface area (Å²) in [5.41, 5.74) is 1.72. The van der Waals surface area contributed by atoms with Gasteiger partial charge >= 0.3 is 0 Å². The topological polar surface area (TPSA) is 49.6 Å². The molecule has 0 bridgehead atoms. The van der Waals surface area contributed by atoms with E-state index in [1.54, 1.807) is 31.3 Å². The number of carbonyl (C=O) groups is 1. The highest BCUT2D eigenvalue weighted by Gasteiger charge is 2.05. The fourth-order valence-corrected chi connectivity index (χ4v) is 1.73. The van der Waals surface area contributed by atoms with E-state index >= 15 is 0 Å². The van der Waals surface area contributed by atoms with E-state index in [1.807, 2.05) is 16.7 Å². The Morgan fingerprint density at radius 2 is 2.22 bits per heavy atom. The number of carbonyl (C=O) groups excluding carboxylic acids is 1. The molecule has 2 aromatic rings. The summed E-state index contributed by atoms with van der Waals surface area (Å²) in [5, 5.41) is 3.73. The van der Waals surface area contributed by atoms with Gasteiger partial charge in [-0.25, -0.2) is 4.98 Å².